The molecule has 0 bridgehead atoms. The zero-order chi connectivity index (χ0) is 19.2. The molecule has 0 saturated heterocycles. The van der Waals surface area contributed by atoms with E-state index in [1.54, 1.807) is 14.2 Å². The van der Waals surface area contributed by atoms with Crippen molar-refractivity contribution in [3.63, 3.8) is 0 Å². The van der Waals surface area contributed by atoms with Crippen molar-refractivity contribution >= 4 is 5.95 Å². The second-order valence-corrected chi connectivity index (χ2v) is 5.94. The van der Waals surface area contributed by atoms with Crippen molar-refractivity contribution in [1.29, 1.82) is 0 Å². The lowest BCUT2D eigenvalue weighted by molar-refractivity contribution is 0.414. The summed E-state index contributed by atoms with van der Waals surface area (Å²) in [6, 6.07) is 15.6. The Morgan fingerprint density at radius 1 is 0.704 bits per heavy atom. The molecule has 0 amide bonds. The van der Waals surface area contributed by atoms with Crippen LogP contribution in [0.15, 0.2) is 48.5 Å². The Balaban J connectivity index is 2.12. The van der Waals surface area contributed by atoms with Gasteiger partial charge in [0.2, 0.25) is 5.95 Å². The summed E-state index contributed by atoms with van der Waals surface area (Å²) < 4.78 is 10.5. The number of ether oxygens (including phenoxy) is 2. The third kappa shape index (κ3) is 4.00. The van der Waals surface area contributed by atoms with E-state index >= 15 is 0 Å². The third-order valence-electron chi connectivity index (χ3n) is 4.45. The molecule has 0 saturated carbocycles. The maximum Gasteiger partial charge on any atom is 0.245 e. The highest BCUT2D eigenvalue weighted by atomic mass is 16.5. The molecule has 0 spiro atoms. The predicted molar refractivity (Wildman–Crippen MR) is 107 cm³/mol. The number of benzene rings is 2. The highest BCUT2D eigenvalue weighted by Gasteiger charge is 2.16. The lowest BCUT2D eigenvalue weighted by Crippen LogP contribution is -2.25. The average Bonchev–Trinajstić information content (AvgIpc) is 2.75. The molecule has 0 aliphatic carbocycles. The number of aromatic nitrogens is 3. The minimum atomic E-state index is 0.628. The van der Waals surface area contributed by atoms with E-state index in [9.17, 15) is 0 Å². The lowest BCUT2D eigenvalue weighted by Gasteiger charge is -2.19. The molecule has 27 heavy (non-hydrogen) atoms. The lowest BCUT2D eigenvalue weighted by atomic mass is 10.0. The Kier molecular flexibility index (Phi) is 5.86. The fourth-order valence-corrected chi connectivity index (χ4v) is 2.85. The zero-order valence-corrected chi connectivity index (χ0v) is 16.1. The third-order valence-corrected chi connectivity index (χ3v) is 4.45. The smallest absolute Gasteiger partial charge is 0.245 e. The first-order valence-corrected chi connectivity index (χ1v) is 8.98. The second kappa shape index (κ2) is 8.49. The Labute approximate surface area is 159 Å². The van der Waals surface area contributed by atoms with Crippen LogP contribution in [0.4, 0.5) is 5.95 Å². The van der Waals surface area contributed by atoms with Gasteiger partial charge in [-0.15, -0.1) is 10.2 Å². The molecular formula is C21H24N4O2. The normalized spacial score (nSPS) is 10.5. The topological polar surface area (TPSA) is 60.4 Å². The summed E-state index contributed by atoms with van der Waals surface area (Å²) in [6.07, 6.45) is 0. The molecule has 0 unspecified atom stereocenters. The monoisotopic (exact) mass is 364 g/mol. The van der Waals surface area contributed by atoms with E-state index in [1.807, 2.05) is 48.5 Å². The average molecular weight is 364 g/mol. The molecule has 3 aromatic rings. The van der Waals surface area contributed by atoms with Gasteiger partial charge in [0.1, 0.15) is 22.9 Å². The van der Waals surface area contributed by atoms with Crippen LogP contribution in [0.1, 0.15) is 13.8 Å². The predicted octanol–water partition coefficient (Wildman–Crippen LogP) is 4.07. The molecule has 0 aliphatic rings. The number of rotatable bonds is 7. The minimum Gasteiger partial charge on any atom is -0.497 e. The van der Waals surface area contributed by atoms with Gasteiger partial charge in [0.15, 0.2) is 0 Å². The van der Waals surface area contributed by atoms with Crippen molar-refractivity contribution in [2.75, 3.05) is 32.2 Å². The van der Waals surface area contributed by atoms with Gasteiger partial charge in [0, 0.05) is 24.2 Å². The van der Waals surface area contributed by atoms with Crippen LogP contribution >= 0.6 is 0 Å². The molecule has 140 valence electrons. The number of hydrogen-bond acceptors (Lipinski definition) is 6. The first kappa shape index (κ1) is 18.6. The summed E-state index contributed by atoms with van der Waals surface area (Å²) >= 11 is 0. The van der Waals surface area contributed by atoms with E-state index in [0.29, 0.717) is 5.95 Å². The number of anilines is 1. The van der Waals surface area contributed by atoms with E-state index in [4.69, 9.17) is 14.5 Å². The van der Waals surface area contributed by atoms with Crippen LogP contribution in [-0.2, 0) is 0 Å². The number of methoxy groups -OCH3 is 2. The van der Waals surface area contributed by atoms with Gasteiger partial charge < -0.3 is 14.4 Å². The second-order valence-electron chi connectivity index (χ2n) is 5.94. The van der Waals surface area contributed by atoms with Crippen LogP contribution in [0, 0.1) is 0 Å². The highest BCUT2D eigenvalue weighted by Crippen LogP contribution is 2.31. The molecule has 6 heteroatoms. The van der Waals surface area contributed by atoms with Crippen molar-refractivity contribution < 1.29 is 9.47 Å². The van der Waals surface area contributed by atoms with Gasteiger partial charge in [-0.05, 0) is 62.4 Å². The van der Waals surface area contributed by atoms with Crippen LogP contribution in [0.25, 0.3) is 22.5 Å². The van der Waals surface area contributed by atoms with Gasteiger partial charge in [0.05, 0.1) is 14.2 Å². The van der Waals surface area contributed by atoms with E-state index in [-0.39, 0.29) is 0 Å². The van der Waals surface area contributed by atoms with Gasteiger partial charge >= 0.3 is 0 Å². The number of nitrogens with zero attached hydrogens (tertiary/aromatic N) is 4. The Morgan fingerprint density at radius 2 is 1.19 bits per heavy atom. The largest absolute Gasteiger partial charge is 0.497 e. The minimum absolute atomic E-state index is 0.628. The molecular weight excluding hydrogens is 340 g/mol. The first-order valence-electron chi connectivity index (χ1n) is 8.98. The molecule has 0 fully saturated rings. The zero-order valence-electron chi connectivity index (χ0n) is 16.1. The van der Waals surface area contributed by atoms with Gasteiger partial charge in [-0.2, -0.15) is 0 Å². The summed E-state index contributed by atoms with van der Waals surface area (Å²) in [4.78, 5) is 6.92. The van der Waals surface area contributed by atoms with Crippen molar-refractivity contribution in [2.45, 2.75) is 13.8 Å². The Morgan fingerprint density at radius 3 is 1.63 bits per heavy atom. The van der Waals surface area contributed by atoms with E-state index < -0.39 is 0 Å². The van der Waals surface area contributed by atoms with Gasteiger partial charge in [-0.25, -0.2) is 4.98 Å². The Hall–Kier alpha value is -3.15. The van der Waals surface area contributed by atoms with Gasteiger partial charge in [-0.1, -0.05) is 0 Å². The Bertz CT molecular complexity index is 876. The summed E-state index contributed by atoms with van der Waals surface area (Å²) in [5.74, 6) is 2.23. The molecule has 1 heterocycles. The van der Waals surface area contributed by atoms with Crippen LogP contribution < -0.4 is 14.4 Å². The molecule has 0 atom stereocenters. The highest BCUT2D eigenvalue weighted by molar-refractivity contribution is 5.78. The molecule has 0 aliphatic heterocycles. The van der Waals surface area contributed by atoms with E-state index in [1.165, 1.54) is 0 Å². The summed E-state index contributed by atoms with van der Waals surface area (Å²) in [5.41, 5.74) is 3.43. The first-order chi connectivity index (χ1) is 13.2. The summed E-state index contributed by atoms with van der Waals surface area (Å²) in [7, 11) is 3.31. The van der Waals surface area contributed by atoms with Crippen LogP contribution in [0.2, 0.25) is 0 Å². The summed E-state index contributed by atoms with van der Waals surface area (Å²) in [5, 5.41) is 8.88. The van der Waals surface area contributed by atoms with Gasteiger partial charge in [0.25, 0.3) is 0 Å². The van der Waals surface area contributed by atoms with Crippen molar-refractivity contribution in [3.05, 3.63) is 48.5 Å². The quantitative estimate of drug-likeness (QED) is 0.630. The van der Waals surface area contributed by atoms with E-state index in [2.05, 4.69) is 28.9 Å². The standard InChI is InChI=1S/C21H24N4O2/c1-5-25(6-2)21-22-19(15-7-11-17(26-3)12-8-15)20(23-24-21)16-9-13-18(27-4)14-10-16/h7-14H,5-6H2,1-4H3. The van der Waals surface area contributed by atoms with Crippen LogP contribution in [-0.4, -0.2) is 42.5 Å². The molecule has 1 aromatic heterocycles. The SMILES string of the molecule is CCN(CC)c1nnc(-c2ccc(OC)cc2)c(-c2ccc(OC)cc2)n1. The molecule has 6 nitrogen and oxygen atoms in total. The molecule has 3 rings (SSSR count). The molecule has 0 N–H and O–H groups in total. The number of hydrogen-bond donors (Lipinski definition) is 0. The molecule has 0 radical (unpaired) electrons. The van der Waals surface area contributed by atoms with Crippen molar-refractivity contribution in [1.82, 2.24) is 15.2 Å². The fraction of sp³-hybridized carbons (Fsp3) is 0.286. The fourth-order valence-electron chi connectivity index (χ4n) is 2.85. The van der Waals surface area contributed by atoms with Crippen molar-refractivity contribution in [2.24, 2.45) is 0 Å². The van der Waals surface area contributed by atoms with Crippen LogP contribution in [0.3, 0.4) is 0 Å². The van der Waals surface area contributed by atoms with E-state index in [0.717, 1.165) is 47.1 Å². The van der Waals surface area contributed by atoms with Gasteiger partial charge in [-0.3, -0.25) is 0 Å². The summed E-state index contributed by atoms with van der Waals surface area (Å²) in [6.45, 7) is 5.80. The maximum absolute atomic E-state index is 5.27. The maximum atomic E-state index is 5.27. The molecule has 2 aromatic carbocycles. The van der Waals surface area contributed by atoms with Crippen LogP contribution in [0.5, 0.6) is 11.5 Å². The van der Waals surface area contributed by atoms with Crippen molar-refractivity contribution in [3.8, 4) is 34.0 Å².